The summed E-state index contributed by atoms with van der Waals surface area (Å²) >= 11 is 1.10. The minimum atomic E-state index is -0.516. The standard InChI is InChI=1S/C9H16N4O2S/c1-5(6-12-7(10)16-13-6)11-8(14)15-9(2,3)4/h5H,1-4H3,(H,11,14)(H2,10,12,13). The van der Waals surface area contributed by atoms with Crippen molar-refractivity contribution in [3.63, 3.8) is 0 Å². The van der Waals surface area contributed by atoms with Gasteiger partial charge in [0.05, 0.1) is 6.04 Å². The fourth-order valence-corrected chi connectivity index (χ4v) is 1.49. The number of aromatic nitrogens is 2. The molecule has 0 fully saturated rings. The van der Waals surface area contributed by atoms with E-state index in [4.69, 9.17) is 10.5 Å². The molecule has 0 spiro atoms. The van der Waals surface area contributed by atoms with Crippen LogP contribution in [0.5, 0.6) is 0 Å². The number of anilines is 1. The van der Waals surface area contributed by atoms with Crippen LogP contribution < -0.4 is 11.1 Å². The quantitative estimate of drug-likeness (QED) is 0.826. The Labute approximate surface area is 98.4 Å². The van der Waals surface area contributed by atoms with Gasteiger partial charge in [0.2, 0.25) is 0 Å². The average Bonchev–Trinajstić information content (AvgIpc) is 2.47. The summed E-state index contributed by atoms with van der Waals surface area (Å²) in [6, 6.07) is -0.316. The van der Waals surface area contributed by atoms with Crippen LogP contribution in [-0.2, 0) is 4.74 Å². The number of nitrogen functional groups attached to an aromatic ring is 1. The lowest BCUT2D eigenvalue weighted by molar-refractivity contribution is 0.0506. The van der Waals surface area contributed by atoms with E-state index in [2.05, 4.69) is 14.7 Å². The Morgan fingerprint density at radius 1 is 1.56 bits per heavy atom. The number of nitrogens with two attached hydrogens (primary N) is 1. The van der Waals surface area contributed by atoms with E-state index in [1.165, 1.54) is 0 Å². The van der Waals surface area contributed by atoms with Crippen molar-refractivity contribution < 1.29 is 9.53 Å². The van der Waals surface area contributed by atoms with Crippen molar-refractivity contribution in [1.82, 2.24) is 14.7 Å². The zero-order valence-electron chi connectivity index (χ0n) is 9.77. The van der Waals surface area contributed by atoms with Crippen molar-refractivity contribution in [3.05, 3.63) is 5.82 Å². The molecular weight excluding hydrogens is 228 g/mol. The van der Waals surface area contributed by atoms with Gasteiger partial charge in [-0.1, -0.05) is 0 Å². The van der Waals surface area contributed by atoms with E-state index in [0.29, 0.717) is 11.0 Å². The van der Waals surface area contributed by atoms with Gasteiger partial charge in [-0.2, -0.15) is 4.37 Å². The Bertz CT molecular complexity index is 372. The first-order valence-corrected chi connectivity index (χ1v) is 5.64. The van der Waals surface area contributed by atoms with Gasteiger partial charge >= 0.3 is 6.09 Å². The van der Waals surface area contributed by atoms with Crippen molar-refractivity contribution in [2.45, 2.75) is 39.3 Å². The molecule has 0 aliphatic carbocycles. The summed E-state index contributed by atoms with van der Waals surface area (Å²) in [6.45, 7) is 7.17. The lowest BCUT2D eigenvalue weighted by atomic mass is 10.2. The first-order chi connectivity index (χ1) is 7.28. The van der Waals surface area contributed by atoms with E-state index in [1.54, 1.807) is 27.7 Å². The summed E-state index contributed by atoms with van der Waals surface area (Å²) in [5, 5.41) is 3.01. The number of nitrogens with one attached hydrogen (secondary N) is 1. The monoisotopic (exact) mass is 244 g/mol. The molecule has 3 N–H and O–H groups in total. The number of carbonyl (C=O) groups is 1. The maximum absolute atomic E-state index is 11.4. The molecule has 16 heavy (non-hydrogen) atoms. The molecule has 1 amide bonds. The summed E-state index contributed by atoms with van der Waals surface area (Å²) in [4.78, 5) is 15.4. The highest BCUT2D eigenvalue weighted by Crippen LogP contribution is 2.14. The predicted molar refractivity (Wildman–Crippen MR) is 62.1 cm³/mol. The second-order valence-corrected chi connectivity index (χ2v) is 5.14. The van der Waals surface area contributed by atoms with E-state index in [1.807, 2.05) is 0 Å². The number of nitrogens with zero attached hydrogens (tertiary/aromatic N) is 2. The van der Waals surface area contributed by atoms with Gasteiger partial charge < -0.3 is 15.8 Å². The van der Waals surface area contributed by atoms with Crippen LogP contribution in [0.3, 0.4) is 0 Å². The summed E-state index contributed by atoms with van der Waals surface area (Å²) in [6.07, 6.45) is -0.492. The number of alkyl carbamates (subject to hydrolysis) is 1. The van der Waals surface area contributed by atoms with Crippen molar-refractivity contribution in [2.24, 2.45) is 0 Å². The summed E-state index contributed by atoms with van der Waals surface area (Å²) in [5.74, 6) is 0.494. The smallest absolute Gasteiger partial charge is 0.408 e. The molecule has 1 atom stereocenters. The normalized spacial score (nSPS) is 13.2. The third-order valence-corrected chi connectivity index (χ3v) is 2.13. The summed E-state index contributed by atoms with van der Waals surface area (Å²) in [5.41, 5.74) is 4.93. The Balaban J connectivity index is 2.52. The SMILES string of the molecule is CC(NC(=O)OC(C)(C)C)c1nsc(N)n1. The number of carbonyl (C=O) groups excluding carboxylic acids is 1. The molecule has 0 aliphatic heterocycles. The molecule has 1 heterocycles. The molecule has 0 saturated carbocycles. The van der Waals surface area contributed by atoms with Gasteiger partial charge in [-0.15, -0.1) is 0 Å². The van der Waals surface area contributed by atoms with Gasteiger partial charge in [-0.3, -0.25) is 0 Å². The van der Waals surface area contributed by atoms with Crippen LogP contribution >= 0.6 is 11.5 Å². The van der Waals surface area contributed by atoms with Crippen LogP contribution in [0, 0.1) is 0 Å². The van der Waals surface area contributed by atoms with Crippen molar-refractivity contribution in [3.8, 4) is 0 Å². The van der Waals surface area contributed by atoms with E-state index in [9.17, 15) is 4.79 Å². The first kappa shape index (κ1) is 12.7. The lowest BCUT2D eigenvalue weighted by Crippen LogP contribution is -2.34. The van der Waals surface area contributed by atoms with E-state index in [0.717, 1.165) is 11.5 Å². The maximum atomic E-state index is 11.4. The minimum absolute atomic E-state index is 0.316. The molecule has 0 aliphatic rings. The number of hydrogen-bond donors (Lipinski definition) is 2. The van der Waals surface area contributed by atoms with Crippen molar-refractivity contribution in [1.29, 1.82) is 0 Å². The van der Waals surface area contributed by atoms with E-state index >= 15 is 0 Å². The first-order valence-electron chi connectivity index (χ1n) is 4.86. The number of ether oxygens (including phenoxy) is 1. The molecule has 0 aromatic carbocycles. The molecule has 1 rings (SSSR count). The molecule has 1 aromatic rings. The topological polar surface area (TPSA) is 90.1 Å². The highest BCUT2D eigenvalue weighted by atomic mass is 32.1. The highest BCUT2D eigenvalue weighted by Gasteiger charge is 2.19. The Morgan fingerprint density at radius 3 is 2.62 bits per heavy atom. The van der Waals surface area contributed by atoms with Gasteiger partial charge in [0.25, 0.3) is 0 Å². The van der Waals surface area contributed by atoms with Crippen molar-refractivity contribution >= 4 is 22.8 Å². The van der Waals surface area contributed by atoms with Gasteiger partial charge in [0.15, 0.2) is 11.0 Å². The molecule has 0 radical (unpaired) electrons. The average molecular weight is 244 g/mol. The molecule has 1 aromatic heterocycles. The number of rotatable bonds is 2. The van der Waals surface area contributed by atoms with Crippen LogP contribution in [0.25, 0.3) is 0 Å². The Morgan fingerprint density at radius 2 is 2.19 bits per heavy atom. The van der Waals surface area contributed by atoms with Gasteiger partial charge in [-0.25, -0.2) is 9.78 Å². The molecule has 1 unspecified atom stereocenters. The zero-order chi connectivity index (χ0) is 12.3. The highest BCUT2D eigenvalue weighted by molar-refractivity contribution is 7.09. The summed E-state index contributed by atoms with van der Waals surface area (Å²) in [7, 11) is 0. The third-order valence-electron chi connectivity index (χ3n) is 1.58. The Kier molecular flexibility index (Phi) is 3.69. The largest absolute Gasteiger partial charge is 0.444 e. The molecule has 0 bridgehead atoms. The predicted octanol–water partition coefficient (Wildman–Crippen LogP) is 1.71. The minimum Gasteiger partial charge on any atom is -0.444 e. The summed E-state index contributed by atoms with van der Waals surface area (Å²) < 4.78 is 9.10. The van der Waals surface area contributed by atoms with E-state index < -0.39 is 11.7 Å². The number of hydrogen-bond acceptors (Lipinski definition) is 6. The van der Waals surface area contributed by atoms with Crippen molar-refractivity contribution in [2.75, 3.05) is 5.73 Å². The van der Waals surface area contributed by atoms with E-state index in [-0.39, 0.29) is 6.04 Å². The van der Waals surface area contributed by atoms with Crippen LogP contribution in [0.2, 0.25) is 0 Å². The van der Waals surface area contributed by atoms with Gasteiger partial charge in [0, 0.05) is 11.5 Å². The second kappa shape index (κ2) is 4.65. The van der Waals surface area contributed by atoms with Crippen LogP contribution in [0.4, 0.5) is 9.93 Å². The lowest BCUT2D eigenvalue weighted by Gasteiger charge is -2.21. The zero-order valence-corrected chi connectivity index (χ0v) is 10.6. The van der Waals surface area contributed by atoms with Gasteiger partial charge in [-0.05, 0) is 27.7 Å². The fourth-order valence-electron chi connectivity index (χ4n) is 0.972. The number of amides is 1. The van der Waals surface area contributed by atoms with Crippen LogP contribution in [0.15, 0.2) is 0 Å². The second-order valence-electron chi connectivity index (χ2n) is 4.36. The van der Waals surface area contributed by atoms with Gasteiger partial charge in [0.1, 0.15) is 5.60 Å². The van der Waals surface area contributed by atoms with Crippen LogP contribution in [0.1, 0.15) is 39.6 Å². The maximum Gasteiger partial charge on any atom is 0.408 e. The fraction of sp³-hybridized carbons (Fsp3) is 0.667. The third kappa shape index (κ3) is 4.01. The molecule has 6 nitrogen and oxygen atoms in total. The Hall–Kier alpha value is -1.37. The molecule has 7 heteroatoms. The molecule has 0 saturated heterocycles. The molecular formula is C9H16N4O2S. The molecule has 90 valence electrons. The van der Waals surface area contributed by atoms with Crippen LogP contribution in [-0.4, -0.2) is 21.1 Å².